The topological polar surface area (TPSA) is 104 Å². The van der Waals surface area contributed by atoms with Gasteiger partial charge in [-0.15, -0.1) is 0 Å². The highest BCUT2D eigenvalue weighted by Crippen LogP contribution is 2.30. The van der Waals surface area contributed by atoms with Crippen molar-refractivity contribution in [2.45, 2.75) is 6.54 Å². The molecular weight excluding hydrogens is 435 g/mol. The molecule has 2 amide bonds. The molecule has 0 bridgehead atoms. The Labute approximate surface area is 195 Å². The summed E-state index contributed by atoms with van der Waals surface area (Å²) in [6.07, 6.45) is 0. The summed E-state index contributed by atoms with van der Waals surface area (Å²) in [5.74, 6) is -1.13. The summed E-state index contributed by atoms with van der Waals surface area (Å²) in [6, 6.07) is 21.5. The number of nitrogens with one attached hydrogen (secondary N) is 2. The van der Waals surface area contributed by atoms with Crippen molar-refractivity contribution in [3.63, 3.8) is 0 Å². The number of halogens is 1. The first kappa shape index (κ1) is 22.4. The highest BCUT2D eigenvalue weighted by Gasteiger charge is 2.27. The molecular formula is C26H19FN4O3. The molecule has 0 saturated heterocycles. The van der Waals surface area contributed by atoms with E-state index in [0.717, 1.165) is 5.56 Å². The molecule has 0 atom stereocenters. The molecule has 168 valence electrons. The summed E-state index contributed by atoms with van der Waals surface area (Å²) in [7, 11) is 1.56. The summed E-state index contributed by atoms with van der Waals surface area (Å²) < 4.78 is 19.1. The van der Waals surface area contributed by atoms with Crippen LogP contribution in [-0.4, -0.2) is 24.8 Å². The van der Waals surface area contributed by atoms with Crippen LogP contribution in [0.15, 0.2) is 83.4 Å². The van der Waals surface area contributed by atoms with Crippen molar-refractivity contribution in [2.24, 2.45) is 4.99 Å². The molecule has 0 fully saturated rings. The number of aliphatic imine (C=N–C) groups is 1. The monoisotopic (exact) mass is 454 g/mol. The third-order valence-electron chi connectivity index (χ3n) is 5.20. The second-order valence-electron chi connectivity index (χ2n) is 7.31. The van der Waals surface area contributed by atoms with Gasteiger partial charge < -0.3 is 15.4 Å². The average molecular weight is 454 g/mol. The van der Waals surface area contributed by atoms with Gasteiger partial charge in [0.2, 0.25) is 0 Å². The Kier molecular flexibility index (Phi) is 6.46. The number of ether oxygens (including phenoxy) is 1. The molecule has 0 saturated carbocycles. The highest BCUT2D eigenvalue weighted by molar-refractivity contribution is 6.20. The Bertz CT molecular complexity index is 1370. The minimum atomic E-state index is -0.685. The maximum atomic E-state index is 14.0. The molecule has 0 spiro atoms. The number of benzene rings is 3. The van der Waals surface area contributed by atoms with Gasteiger partial charge in [0.15, 0.2) is 0 Å². The van der Waals surface area contributed by atoms with Crippen LogP contribution in [0.1, 0.15) is 27.0 Å². The van der Waals surface area contributed by atoms with Crippen LogP contribution >= 0.6 is 0 Å². The Hall–Kier alpha value is -4.77. The van der Waals surface area contributed by atoms with Gasteiger partial charge in [-0.2, -0.15) is 5.26 Å². The third kappa shape index (κ3) is 4.54. The van der Waals surface area contributed by atoms with E-state index >= 15 is 0 Å². The van der Waals surface area contributed by atoms with Crippen LogP contribution in [0.5, 0.6) is 5.75 Å². The summed E-state index contributed by atoms with van der Waals surface area (Å²) in [5, 5.41) is 15.0. The molecule has 7 nitrogen and oxygen atoms in total. The maximum absolute atomic E-state index is 14.0. The van der Waals surface area contributed by atoms with Gasteiger partial charge in [-0.3, -0.25) is 9.59 Å². The van der Waals surface area contributed by atoms with Crippen molar-refractivity contribution in [1.82, 2.24) is 10.6 Å². The number of carbonyl (C=O) groups is 2. The number of hydrogen-bond acceptors (Lipinski definition) is 5. The first-order chi connectivity index (χ1) is 16.5. The second kappa shape index (κ2) is 9.79. The molecule has 1 heterocycles. The minimum absolute atomic E-state index is 0.133. The number of nitrogens with zero attached hydrogens (tertiary/aromatic N) is 2. The molecule has 8 heteroatoms. The molecule has 1 aliphatic rings. The molecule has 0 unspecified atom stereocenters. The van der Waals surface area contributed by atoms with E-state index in [2.05, 4.69) is 15.6 Å². The number of fused-ring (bicyclic) bond motifs is 1. The van der Waals surface area contributed by atoms with E-state index in [-0.39, 0.29) is 29.2 Å². The first-order valence-electron chi connectivity index (χ1n) is 10.3. The van der Waals surface area contributed by atoms with Crippen LogP contribution in [-0.2, 0) is 11.3 Å². The number of rotatable bonds is 5. The summed E-state index contributed by atoms with van der Waals surface area (Å²) in [6.45, 7) is 0.198. The van der Waals surface area contributed by atoms with Crippen molar-refractivity contribution in [1.29, 1.82) is 5.26 Å². The number of carbonyl (C=O) groups excluding carboxylic acids is 2. The van der Waals surface area contributed by atoms with Gasteiger partial charge in [0.05, 0.1) is 18.4 Å². The van der Waals surface area contributed by atoms with E-state index in [1.54, 1.807) is 61.7 Å². The standard InChI is InChI=1S/C26H19FN4O3/c1-34-17-12-10-16(11-13-17)15-29-25(32)21(14-28)23-18-6-2-3-7-19(18)24(30-23)31-26(33)20-8-4-5-9-22(20)27/h2-13H,15H2,1H3,(H,29,32)(H,30,31,33)/b23-21+. The first-order valence-corrected chi connectivity index (χ1v) is 10.3. The van der Waals surface area contributed by atoms with Crippen LogP contribution < -0.4 is 15.4 Å². The SMILES string of the molecule is COc1ccc(CNC(=O)/C(C#N)=C2/N=C(NC(=O)c3ccccc3F)c3ccccc32)cc1. The van der Waals surface area contributed by atoms with Crippen LogP contribution in [0.4, 0.5) is 4.39 Å². The van der Waals surface area contributed by atoms with E-state index in [1.807, 2.05) is 6.07 Å². The van der Waals surface area contributed by atoms with Gasteiger partial charge in [0.25, 0.3) is 11.8 Å². The van der Waals surface area contributed by atoms with E-state index in [4.69, 9.17) is 4.74 Å². The van der Waals surface area contributed by atoms with Crippen LogP contribution in [0.2, 0.25) is 0 Å². The van der Waals surface area contributed by atoms with E-state index < -0.39 is 17.6 Å². The van der Waals surface area contributed by atoms with Crippen LogP contribution in [0.25, 0.3) is 5.70 Å². The fourth-order valence-electron chi connectivity index (χ4n) is 3.46. The van der Waals surface area contributed by atoms with E-state index in [0.29, 0.717) is 16.9 Å². The highest BCUT2D eigenvalue weighted by atomic mass is 19.1. The third-order valence-corrected chi connectivity index (χ3v) is 5.20. The van der Waals surface area contributed by atoms with Gasteiger partial charge in [-0.05, 0) is 29.8 Å². The molecule has 0 aliphatic carbocycles. The number of nitriles is 1. The molecule has 4 rings (SSSR count). The van der Waals surface area contributed by atoms with Crippen molar-refractivity contribution < 1.29 is 18.7 Å². The lowest BCUT2D eigenvalue weighted by molar-refractivity contribution is -0.117. The van der Waals surface area contributed by atoms with E-state index in [9.17, 15) is 19.2 Å². The lowest BCUT2D eigenvalue weighted by Crippen LogP contribution is -2.31. The number of methoxy groups -OCH3 is 1. The molecule has 34 heavy (non-hydrogen) atoms. The smallest absolute Gasteiger partial charge is 0.264 e. The van der Waals surface area contributed by atoms with Gasteiger partial charge in [0.1, 0.15) is 29.0 Å². The molecule has 3 aromatic rings. The van der Waals surface area contributed by atoms with Crippen molar-refractivity contribution in [3.05, 3.63) is 106 Å². The fourth-order valence-corrected chi connectivity index (χ4v) is 3.46. The molecule has 0 radical (unpaired) electrons. The van der Waals surface area contributed by atoms with Gasteiger partial charge in [-0.25, -0.2) is 9.38 Å². The molecule has 3 aromatic carbocycles. The molecule has 1 aliphatic heterocycles. The van der Waals surface area contributed by atoms with Crippen LogP contribution in [0, 0.1) is 17.1 Å². The predicted octanol–water partition coefficient (Wildman–Crippen LogP) is 3.58. The zero-order valence-corrected chi connectivity index (χ0v) is 18.1. The lowest BCUT2D eigenvalue weighted by Gasteiger charge is -2.07. The van der Waals surface area contributed by atoms with E-state index in [1.165, 1.54) is 18.2 Å². The van der Waals surface area contributed by atoms with Crippen LogP contribution in [0.3, 0.4) is 0 Å². The summed E-state index contributed by atoms with van der Waals surface area (Å²) >= 11 is 0. The molecule has 0 aromatic heterocycles. The predicted molar refractivity (Wildman–Crippen MR) is 124 cm³/mol. The van der Waals surface area contributed by atoms with Crippen molar-refractivity contribution >= 4 is 23.3 Å². The van der Waals surface area contributed by atoms with Crippen molar-refractivity contribution in [3.8, 4) is 11.8 Å². The summed E-state index contributed by atoms with van der Waals surface area (Å²) in [5.41, 5.74) is 1.66. The van der Waals surface area contributed by atoms with Gasteiger partial charge >= 0.3 is 0 Å². The second-order valence-corrected chi connectivity index (χ2v) is 7.31. The minimum Gasteiger partial charge on any atom is -0.497 e. The van der Waals surface area contributed by atoms with Gasteiger partial charge in [-0.1, -0.05) is 48.5 Å². The maximum Gasteiger partial charge on any atom is 0.264 e. The zero-order valence-electron chi connectivity index (χ0n) is 18.1. The molecule has 2 N–H and O–H groups in total. The Balaban J connectivity index is 1.61. The fraction of sp³-hybridized carbons (Fsp3) is 0.0769. The lowest BCUT2D eigenvalue weighted by atomic mass is 10.0. The quantitative estimate of drug-likeness (QED) is 0.454. The average Bonchev–Trinajstić information content (AvgIpc) is 3.21. The van der Waals surface area contributed by atoms with Gasteiger partial charge in [0, 0.05) is 17.7 Å². The zero-order chi connectivity index (χ0) is 24.1. The number of amides is 2. The Morgan fingerprint density at radius 3 is 2.35 bits per heavy atom. The summed E-state index contributed by atoms with van der Waals surface area (Å²) in [4.78, 5) is 29.8. The number of amidine groups is 1. The number of hydrogen-bond donors (Lipinski definition) is 2. The normalized spacial score (nSPS) is 13.3. The van der Waals surface area contributed by atoms with Crippen molar-refractivity contribution in [2.75, 3.05) is 7.11 Å². The Morgan fingerprint density at radius 2 is 1.68 bits per heavy atom. The largest absolute Gasteiger partial charge is 0.497 e. The Morgan fingerprint density at radius 1 is 1.00 bits per heavy atom.